The summed E-state index contributed by atoms with van der Waals surface area (Å²) in [5, 5.41) is 1.58. The molecule has 2 heterocycles. The van der Waals surface area contributed by atoms with E-state index in [-0.39, 0.29) is 5.82 Å². The zero-order chi connectivity index (χ0) is 9.60. The summed E-state index contributed by atoms with van der Waals surface area (Å²) in [6.07, 6.45) is 2.32. The first-order chi connectivity index (χ1) is 6.79. The second kappa shape index (κ2) is 3.02. The Hall–Kier alpha value is -0.450. The predicted octanol–water partition coefficient (Wildman–Crippen LogP) is 2.12. The van der Waals surface area contributed by atoms with Gasteiger partial charge >= 0.3 is 0 Å². The molecular formula is C10H11FO2S. The average Bonchev–Trinajstić information content (AvgIpc) is 2.77. The van der Waals surface area contributed by atoms with Gasteiger partial charge in [0.25, 0.3) is 0 Å². The lowest BCUT2D eigenvalue weighted by molar-refractivity contribution is -0.163. The molecule has 1 saturated heterocycles. The van der Waals surface area contributed by atoms with Crippen molar-refractivity contribution in [1.82, 2.24) is 0 Å². The maximum absolute atomic E-state index is 13.4. The van der Waals surface area contributed by atoms with Gasteiger partial charge in [-0.2, -0.15) is 0 Å². The first-order valence-corrected chi connectivity index (χ1v) is 5.70. The van der Waals surface area contributed by atoms with E-state index in [0.717, 1.165) is 23.3 Å². The number of aryl methyl sites for hydroxylation is 1. The van der Waals surface area contributed by atoms with Crippen LogP contribution < -0.4 is 0 Å². The first-order valence-electron chi connectivity index (χ1n) is 4.82. The van der Waals surface area contributed by atoms with Crippen LogP contribution >= 0.6 is 11.3 Å². The standard InChI is InChI=1S/C10H11FO2S/c11-8-6-14-9-1-2-10(5-7(8)9)12-3-4-13-10/h6H,1-5H2. The van der Waals surface area contributed by atoms with Crippen molar-refractivity contribution in [2.75, 3.05) is 13.2 Å². The van der Waals surface area contributed by atoms with Gasteiger partial charge in [-0.3, -0.25) is 0 Å². The fraction of sp³-hybridized carbons (Fsp3) is 0.600. The van der Waals surface area contributed by atoms with Gasteiger partial charge in [-0.1, -0.05) is 0 Å². The lowest BCUT2D eigenvalue weighted by atomic mass is 9.93. The minimum atomic E-state index is -0.505. The van der Waals surface area contributed by atoms with E-state index in [1.807, 2.05) is 0 Å². The van der Waals surface area contributed by atoms with Crippen LogP contribution in [0.2, 0.25) is 0 Å². The molecular weight excluding hydrogens is 203 g/mol. The van der Waals surface area contributed by atoms with E-state index in [2.05, 4.69) is 0 Å². The minimum absolute atomic E-state index is 0.0943. The summed E-state index contributed by atoms with van der Waals surface area (Å²) in [7, 11) is 0. The molecule has 0 radical (unpaired) electrons. The molecule has 2 aliphatic rings. The quantitative estimate of drug-likeness (QED) is 0.658. The van der Waals surface area contributed by atoms with Crippen LogP contribution in [0.1, 0.15) is 16.9 Å². The molecule has 1 aliphatic heterocycles. The molecule has 1 spiro atoms. The van der Waals surface area contributed by atoms with E-state index in [0.29, 0.717) is 19.6 Å². The van der Waals surface area contributed by atoms with Crippen LogP contribution in [0.15, 0.2) is 5.38 Å². The summed E-state index contributed by atoms with van der Waals surface area (Å²) in [5.74, 6) is -0.599. The van der Waals surface area contributed by atoms with Gasteiger partial charge in [0, 0.05) is 28.7 Å². The smallest absolute Gasteiger partial charge is 0.172 e. The van der Waals surface area contributed by atoms with Crippen molar-refractivity contribution in [3.8, 4) is 0 Å². The van der Waals surface area contributed by atoms with Gasteiger partial charge in [0.1, 0.15) is 5.82 Å². The Morgan fingerprint density at radius 1 is 1.36 bits per heavy atom. The van der Waals surface area contributed by atoms with Crippen LogP contribution in [-0.4, -0.2) is 19.0 Å². The van der Waals surface area contributed by atoms with Gasteiger partial charge in [0.2, 0.25) is 0 Å². The molecule has 2 nitrogen and oxygen atoms in total. The van der Waals surface area contributed by atoms with Crippen molar-refractivity contribution in [1.29, 1.82) is 0 Å². The van der Waals surface area contributed by atoms with Crippen molar-refractivity contribution >= 4 is 11.3 Å². The van der Waals surface area contributed by atoms with Crippen LogP contribution in [0.5, 0.6) is 0 Å². The summed E-state index contributed by atoms with van der Waals surface area (Å²) in [5.41, 5.74) is 0.808. The maximum atomic E-state index is 13.4. The molecule has 0 atom stereocenters. The van der Waals surface area contributed by atoms with Crippen molar-refractivity contribution in [3.05, 3.63) is 21.6 Å². The third-order valence-electron chi connectivity index (χ3n) is 2.92. The van der Waals surface area contributed by atoms with Crippen LogP contribution in [0.4, 0.5) is 4.39 Å². The van der Waals surface area contributed by atoms with Gasteiger partial charge in [-0.05, 0) is 6.42 Å². The summed E-state index contributed by atoms with van der Waals surface area (Å²) in [6, 6.07) is 0. The summed E-state index contributed by atoms with van der Waals surface area (Å²) in [6.45, 7) is 1.28. The van der Waals surface area contributed by atoms with E-state index in [9.17, 15) is 4.39 Å². The summed E-state index contributed by atoms with van der Waals surface area (Å²) >= 11 is 1.51. The zero-order valence-electron chi connectivity index (χ0n) is 7.72. The molecule has 0 unspecified atom stereocenters. The van der Waals surface area contributed by atoms with Crippen LogP contribution in [0.3, 0.4) is 0 Å². The molecule has 0 bridgehead atoms. The van der Waals surface area contributed by atoms with Crippen LogP contribution in [0, 0.1) is 5.82 Å². The molecule has 1 aromatic heterocycles. The van der Waals surface area contributed by atoms with E-state index in [4.69, 9.17) is 9.47 Å². The number of fused-ring (bicyclic) bond motifs is 1. The number of rotatable bonds is 0. The van der Waals surface area contributed by atoms with Gasteiger partial charge in [0.05, 0.1) is 13.2 Å². The highest BCUT2D eigenvalue weighted by Gasteiger charge is 2.41. The van der Waals surface area contributed by atoms with E-state index >= 15 is 0 Å². The normalized spacial score (nSPS) is 24.1. The highest BCUT2D eigenvalue weighted by Crippen LogP contribution is 2.38. The fourth-order valence-corrected chi connectivity index (χ4v) is 3.12. The van der Waals surface area contributed by atoms with Crippen molar-refractivity contribution in [2.45, 2.75) is 25.0 Å². The van der Waals surface area contributed by atoms with Crippen molar-refractivity contribution < 1.29 is 13.9 Å². The Kier molecular flexibility index (Phi) is 1.90. The molecule has 76 valence electrons. The number of hydrogen-bond acceptors (Lipinski definition) is 3. The van der Waals surface area contributed by atoms with Crippen molar-refractivity contribution in [2.24, 2.45) is 0 Å². The van der Waals surface area contributed by atoms with E-state index in [1.54, 1.807) is 5.38 Å². The number of ether oxygens (including phenoxy) is 2. The molecule has 1 aromatic rings. The second-order valence-electron chi connectivity index (χ2n) is 3.77. The Bertz CT molecular complexity index is 355. The number of halogens is 1. The highest BCUT2D eigenvalue weighted by atomic mass is 32.1. The van der Waals surface area contributed by atoms with Crippen LogP contribution in [-0.2, 0) is 22.3 Å². The lowest BCUT2D eigenvalue weighted by Crippen LogP contribution is -2.36. The van der Waals surface area contributed by atoms with Gasteiger partial charge in [-0.25, -0.2) is 4.39 Å². The number of hydrogen-bond donors (Lipinski definition) is 0. The van der Waals surface area contributed by atoms with Gasteiger partial charge in [0.15, 0.2) is 5.79 Å². The summed E-state index contributed by atoms with van der Waals surface area (Å²) in [4.78, 5) is 1.16. The Balaban J connectivity index is 1.95. The largest absolute Gasteiger partial charge is 0.347 e. The maximum Gasteiger partial charge on any atom is 0.172 e. The van der Waals surface area contributed by atoms with Crippen molar-refractivity contribution in [3.63, 3.8) is 0 Å². The summed E-state index contributed by atoms with van der Waals surface area (Å²) < 4.78 is 24.5. The molecule has 0 aromatic carbocycles. The molecule has 0 N–H and O–H groups in total. The fourth-order valence-electron chi connectivity index (χ4n) is 2.20. The van der Waals surface area contributed by atoms with E-state index in [1.165, 1.54) is 11.3 Å². The third-order valence-corrected chi connectivity index (χ3v) is 3.98. The SMILES string of the molecule is Fc1csc2c1CC1(CC2)OCCO1. The monoisotopic (exact) mass is 214 g/mol. The predicted molar refractivity (Wildman–Crippen MR) is 50.9 cm³/mol. The van der Waals surface area contributed by atoms with Gasteiger partial charge in [-0.15, -0.1) is 11.3 Å². The minimum Gasteiger partial charge on any atom is -0.347 e. The van der Waals surface area contributed by atoms with Gasteiger partial charge < -0.3 is 9.47 Å². The zero-order valence-corrected chi connectivity index (χ0v) is 8.53. The molecule has 1 aliphatic carbocycles. The Labute approximate surface area is 85.6 Å². The molecule has 0 saturated carbocycles. The average molecular weight is 214 g/mol. The molecule has 14 heavy (non-hydrogen) atoms. The van der Waals surface area contributed by atoms with E-state index < -0.39 is 5.79 Å². The highest BCUT2D eigenvalue weighted by molar-refractivity contribution is 7.10. The molecule has 3 rings (SSSR count). The second-order valence-corrected chi connectivity index (χ2v) is 4.73. The topological polar surface area (TPSA) is 18.5 Å². The number of thiophene rings is 1. The molecule has 0 amide bonds. The first kappa shape index (κ1) is 8.83. The Morgan fingerprint density at radius 3 is 2.93 bits per heavy atom. The Morgan fingerprint density at radius 2 is 2.14 bits per heavy atom. The molecule has 4 heteroatoms. The van der Waals surface area contributed by atoms with Crippen LogP contribution in [0.25, 0.3) is 0 Å². The third kappa shape index (κ3) is 1.21. The molecule has 1 fully saturated rings. The lowest BCUT2D eigenvalue weighted by Gasteiger charge is -2.31.